The van der Waals surface area contributed by atoms with Crippen molar-refractivity contribution in [2.75, 3.05) is 26.3 Å². The highest BCUT2D eigenvalue weighted by atomic mass is 35.5. The molecule has 2 fully saturated rings. The SMILES string of the molecule is Cc1cc(Cl)c(C)c(CN2CC3(COC3)C2)c1. The van der Waals surface area contributed by atoms with E-state index in [0.717, 1.165) is 24.8 Å². The maximum Gasteiger partial charge on any atom is 0.0569 e. The molecule has 0 bridgehead atoms. The van der Waals surface area contributed by atoms with Crippen LogP contribution in [0.5, 0.6) is 0 Å². The van der Waals surface area contributed by atoms with Gasteiger partial charge < -0.3 is 4.74 Å². The summed E-state index contributed by atoms with van der Waals surface area (Å²) in [4.78, 5) is 2.49. The van der Waals surface area contributed by atoms with Crippen LogP contribution in [0.4, 0.5) is 0 Å². The highest BCUT2D eigenvalue weighted by Crippen LogP contribution is 2.38. The van der Waals surface area contributed by atoms with Crippen molar-refractivity contribution in [3.05, 3.63) is 33.8 Å². The van der Waals surface area contributed by atoms with Gasteiger partial charge in [0.25, 0.3) is 0 Å². The van der Waals surface area contributed by atoms with Crippen molar-refractivity contribution in [1.82, 2.24) is 4.90 Å². The van der Waals surface area contributed by atoms with Crippen molar-refractivity contribution < 1.29 is 4.74 Å². The van der Waals surface area contributed by atoms with Crippen LogP contribution in [-0.4, -0.2) is 31.2 Å². The van der Waals surface area contributed by atoms with Crippen LogP contribution in [-0.2, 0) is 11.3 Å². The van der Waals surface area contributed by atoms with Crippen molar-refractivity contribution in [2.45, 2.75) is 20.4 Å². The molecule has 1 aromatic rings. The fourth-order valence-corrected chi connectivity index (χ4v) is 3.17. The molecular formula is C14H18ClNO. The summed E-state index contributed by atoms with van der Waals surface area (Å²) >= 11 is 6.22. The highest BCUT2D eigenvalue weighted by Gasteiger charge is 2.48. The number of ether oxygens (including phenoxy) is 1. The van der Waals surface area contributed by atoms with Gasteiger partial charge in [0.1, 0.15) is 0 Å². The van der Waals surface area contributed by atoms with Gasteiger partial charge in [-0.05, 0) is 36.6 Å². The second-order valence-corrected chi connectivity index (χ2v) is 6.08. The number of likely N-dealkylation sites (tertiary alicyclic amines) is 1. The number of hydrogen-bond acceptors (Lipinski definition) is 2. The Kier molecular flexibility index (Phi) is 2.69. The Labute approximate surface area is 108 Å². The molecule has 2 heterocycles. The van der Waals surface area contributed by atoms with E-state index in [1.807, 2.05) is 6.07 Å². The van der Waals surface area contributed by atoms with Crippen LogP contribution >= 0.6 is 11.6 Å². The van der Waals surface area contributed by atoms with Gasteiger partial charge >= 0.3 is 0 Å². The Morgan fingerprint density at radius 1 is 1.29 bits per heavy atom. The van der Waals surface area contributed by atoms with E-state index in [4.69, 9.17) is 16.3 Å². The Hall–Kier alpha value is -0.570. The predicted molar refractivity (Wildman–Crippen MR) is 69.5 cm³/mol. The summed E-state index contributed by atoms with van der Waals surface area (Å²) in [6, 6.07) is 4.29. The van der Waals surface area contributed by atoms with Gasteiger partial charge in [-0.3, -0.25) is 4.90 Å². The lowest BCUT2D eigenvalue weighted by molar-refractivity contribution is -0.191. The second-order valence-electron chi connectivity index (χ2n) is 5.67. The third-order valence-electron chi connectivity index (χ3n) is 3.92. The molecule has 2 saturated heterocycles. The molecule has 1 aromatic carbocycles. The van der Waals surface area contributed by atoms with E-state index < -0.39 is 0 Å². The number of rotatable bonds is 2. The van der Waals surface area contributed by atoms with Crippen LogP contribution in [0.2, 0.25) is 5.02 Å². The van der Waals surface area contributed by atoms with Gasteiger partial charge in [-0.2, -0.15) is 0 Å². The van der Waals surface area contributed by atoms with Crippen molar-refractivity contribution >= 4 is 11.6 Å². The summed E-state index contributed by atoms with van der Waals surface area (Å²) in [5.41, 5.74) is 4.34. The van der Waals surface area contributed by atoms with E-state index >= 15 is 0 Å². The maximum absolute atomic E-state index is 6.22. The maximum atomic E-state index is 6.22. The van der Waals surface area contributed by atoms with Crippen molar-refractivity contribution in [3.8, 4) is 0 Å². The van der Waals surface area contributed by atoms with Crippen molar-refractivity contribution in [1.29, 1.82) is 0 Å². The molecule has 0 amide bonds. The van der Waals surface area contributed by atoms with Crippen LogP contribution < -0.4 is 0 Å². The van der Waals surface area contributed by atoms with Crippen molar-refractivity contribution in [2.24, 2.45) is 5.41 Å². The number of nitrogens with zero attached hydrogens (tertiary/aromatic N) is 1. The molecule has 2 aliphatic rings. The van der Waals surface area contributed by atoms with Gasteiger partial charge in [-0.1, -0.05) is 17.7 Å². The third kappa shape index (κ3) is 1.99. The molecular weight excluding hydrogens is 234 g/mol. The summed E-state index contributed by atoms with van der Waals surface area (Å²) in [6.45, 7) is 9.50. The van der Waals surface area contributed by atoms with Crippen LogP contribution in [0.3, 0.4) is 0 Å². The first-order valence-electron chi connectivity index (χ1n) is 6.14. The standard InChI is InChI=1S/C14H18ClNO/c1-10-3-12(11(2)13(15)4-10)5-16-6-14(7-16)8-17-9-14/h3-4H,5-9H2,1-2H3. The number of benzene rings is 1. The molecule has 0 atom stereocenters. The van der Waals surface area contributed by atoms with Gasteiger partial charge in [0.15, 0.2) is 0 Å². The molecule has 0 unspecified atom stereocenters. The van der Waals surface area contributed by atoms with E-state index in [2.05, 4.69) is 24.8 Å². The minimum absolute atomic E-state index is 0.502. The Morgan fingerprint density at radius 3 is 2.59 bits per heavy atom. The van der Waals surface area contributed by atoms with E-state index in [9.17, 15) is 0 Å². The molecule has 92 valence electrons. The molecule has 0 aromatic heterocycles. The zero-order valence-corrected chi connectivity index (χ0v) is 11.2. The Bertz CT molecular complexity index is 446. The first-order chi connectivity index (χ1) is 8.08. The van der Waals surface area contributed by atoms with E-state index in [-0.39, 0.29) is 0 Å². The lowest BCUT2D eigenvalue weighted by Crippen LogP contribution is -2.65. The van der Waals surface area contributed by atoms with Gasteiger partial charge in [0, 0.05) is 30.1 Å². The van der Waals surface area contributed by atoms with E-state index in [1.165, 1.54) is 29.8 Å². The lowest BCUT2D eigenvalue weighted by Gasteiger charge is -2.55. The highest BCUT2D eigenvalue weighted by molar-refractivity contribution is 6.31. The Balaban J connectivity index is 1.69. The molecule has 2 nitrogen and oxygen atoms in total. The first-order valence-corrected chi connectivity index (χ1v) is 6.52. The fraction of sp³-hybridized carbons (Fsp3) is 0.571. The normalized spacial score (nSPS) is 22.3. The minimum atomic E-state index is 0.502. The zero-order chi connectivity index (χ0) is 12.0. The van der Waals surface area contributed by atoms with Crippen LogP contribution in [0.25, 0.3) is 0 Å². The average molecular weight is 252 g/mol. The zero-order valence-electron chi connectivity index (χ0n) is 10.4. The molecule has 3 rings (SSSR count). The Morgan fingerprint density at radius 2 is 2.00 bits per heavy atom. The molecule has 0 radical (unpaired) electrons. The van der Waals surface area contributed by atoms with E-state index in [1.54, 1.807) is 0 Å². The summed E-state index contributed by atoms with van der Waals surface area (Å²) in [5.74, 6) is 0. The molecule has 0 aliphatic carbocycles. The molecule has 3 heteroatoms. The van der Waals surface area contributed by atoms with Gasteiger partial charge in [0.05, 0.1) is 13.2 Å². The van der Waals surface area contributed by atoms with Crippen LogP contribution in [0.15, 0.2) is 12.1 Å². The van der Waals surface area contributed by atoms with Crippen LogP contribution in [0, 0.1) is 19.3 Å². The predicted octanol–water partition coefficient (Wildman–Crippen LogP) is 2.79. The average Bonchev–Trinajstić information content (AvgIpc) is 2.15. The first kappa shape index (κ1) is 11.5. The fourth-order valence-electron chi connectivity index (χ4n) is 2.88. The largest absolute Gasteiger partial charge is 0.380 e. The lowest BCUT2D eigenvalue weighted by atomic mass is 9.78. The van der Waals surface area contributed by atoms with Crippen molar-refractivity contribution in [3.63, 3.8) is 0 Å². The summed E-state index contributed by atoms with van der Waals surface area (Å²) in [6.07, 6.45) is 0. The van der Waals surface area contributed by atoms with Gasteiger partial charge in [-0.25, -0.2) is 0 Å². The molecule has 0 saturated carbocycles. The summed E-state index contributed by atoms with van der Waals surface area (Å²) < 4.78 is 5.29. The molecule has 2 aliphatic heterocycles. The monoisotopic (exact) mass is 251 g/mol. The minimum Gasteiger partial charge on any atom is -0.380 e. The van der Waals surface area contributed by atoms with Gasteiger partial charge in [-0.15, -0.1) is 0 Å². The quantitative estimate of drug-likeness (QED) is 0.802. The summed E-state index contributed by atoms with van der Waals surface area (Å²) in [7, 11) is 0. The van der Waals surface area contributed by atoms with E-state index in [0.29, 0.717) is 5.41 Å². The number of aryl methyl sites for hydroxylation is 1. The molecule has 17 heavy (non-hydrogen) atoms. The number of hydrogen-bond donors (Lipinski definition) is 0. The van der Waals surface area contributed by atoms with Crippen LogP contribution in [0.1, 0.15) is 16.7 Å². The topological polar surface area (TPSA) is 12.5 Å². The molecule has 1 spiro atoms. The summed E-state index contributed by atoms with van der Waals surface area (Å²) in [5, 5.41) is 0.891. The number of halogens is 1. The smallest absolute Gasteiger partial charge is 0.0569 e. The second kappa shape index (κ2) is 3.98. The third-order valence-corrected chi connectivity index (χ3v) is 4.32. The van der Waals surface area contributed by atoms with Gasteiger partial charge in [0.2, 0.25) is 0 Å². The molecule has 0 N–H and O–H groups in total.